The number of carbonyl (C=O) groups is 1. The minimum Gasteiger partial charge on any atom is -0.322 e. The van der Waals surface area contributed by atoms with Crippen molar-refractivity contribution >= 4 is 32.5 Å². The second kappa shape index (κ2) is 8.08. The molecule has 0 aliphatic carbocycles. The third-order valence-corrected chi connectivity index (χ3v) is 6.85. The number of hydrogen-bond acceptors (Lipinski definition) is 4. The Balaban J connectivity index is 1.96. The number of pyridine rings is 1. The maximum atomic E-state index is 12.9. The zero-order chi connectivity index (χ0) is 20.3. The van der Waals surface area contributed by atoms with Crippen LogP contribution in [0.2, 0.25) is 0 Å². The van der Waals surface area contributed by atoms with Crippen molar-refractivity contribution in [3.05, 3.63) is 65.9 Å². The lowest BCUT2D eigenvalue weighted by Gasteiger charge is -2.20. The number of rotatable bonds is 6. The average molecular weight is 398 g/mol. The molecule has 1 heterocycles. The van der Waals surface area contributed by atoms with E-state index in [4.69, 9.17) is 0 Å². The lowest BCUT2D eigenvalue weighted by molar-refractivity contribution is 0.102. The third-order valence-electron chi connectivity index (χ3n) is 4.66. The highest BCUT2D eigenvalue weighted by Gasteiger charge is 2.24. The number of amides is 1. The predicted molar refractivity (Wildman–Crippen MR) is 111 cm³/mol. The molecule has 28 heavy (non-hydrogen) atoms. The van der Waals surface area contributed by atoms with Gasteiger partial charge in [0.25, 0.3) is 5.91 Å². The number of nitrogens with one attached hydrogen (secondary N) is 1. The molecule has 2 aromatic carbocycles. The highest BCUT2D eigenvalue weighted by molar-refractivity contribution is 7.89. The zero-order valence-electron chi connectivity index (χ0n) is 16.1. The van der Waals surface area contributed by atoms with Gasteiger partial charge in [-0.15, -0.1) is 0 Å². The van der Waals surface area contributed by atoms with E-state index < -0.39 is 10.0 Å². The van der Waals surface area contributed by atoms with Crippen LogP contribution in [0.5, 0.6) is 0 Å². The molecule has 7 heteroatoms. The number of fused-ring (bicyclic) bond motifs is 1. The van der Waals surface area contributed by atoms with E-state index in [-0.39, 0.29) is 10.8 Å². The Morgan fingerprint density at radius 1 is 1.07 bits per heavy atom. The molecule has 3 aromatic rings. The molecule has 1 aromatic heterocycles. The van der Waals surface area contributed by atoms with Gasteiger partial charge in [0.1, 0.15) is 0 Å². The normalized spacial score (nSPS) is 11.7. The van der Waals surface area contributed by atoms with E-state index in [2.05, 4.69) is 10.3 Å². The molecule has 1 amide bonds. The van der Waals surface area contributed by atoms with Crippen molar-refractivity contribution in [3.8, 4) is 0 Å². The molecule has 0 spiro atoms. The zero-order valence-corrected chi connectivity index (χ0v) is 17.0. The number of anilines is 1. The van der Waals surface area contributed by atoms with Crippen LogP contribution >= 0.6 is 0 Å². The van der Waals surface area contributed by atoms with Crippen LogP contribution in [-0.2, 0) is 10.0 Å². The lowest BCUT2D eigenvalue weighted by Crippen LogP contribution is -2.31. The van der Waals surface area contributed by atoms with E-state index in [1.165, 1.54) is 10.4 Å². The fraction of sp³-hybridized carbons (Fsp3) is 0.238. The maximum absolute atomic E-state index is 12.9. The Bertz CT molecular complexity index is 1120. The van der Waals surface area contributed by atoms with Crippen LogP contribution in [0.25, 0.3) is 10.9 Å². The molecule has 3 rings (SSSR count). The largest absolute Gasteiger partial charge is 0.322 e. The summed E-state index contributed by atoms with van der Waals surface area (Å²) >= 11 is 0. The first-order chi connectivity index (χ1) is 13.4. The number of hydrogen-bond donors (Lipinski definition) is 1. The molecule has 146 valence electrons. The predicted octanol–water partition coefficient (Wildman–Crippen LogP) is 3.83. The molecular weight excluding hydrogens is 374 g/mol. The van der Waals surface area contributed by atoms with Gasteiger partial charge in [0.05, 0.1) is 10.4 Å². The molecular formula is C21H23N3O3S. The van der Waals surface area contributed by atoms with E-state index in [0.29, 0.717) is 29.9 Å². The van der Waals surface area contributed by atoms with Crippen LogP contribution in [0.1, 0.15) is 29.8 Å². The Hall–Kier alpha value is -2.77. The summed E-state index contributed by atoms with van der Waals surface area (Å²) in [4.78, 5) is 17.3. The first kappa shape index (κ1) is 20.0. The van der Waals surface area contributed by atoms with Crippen LogP contribution in [0.4, 0.5) is 5.69 Å². The SMILES string of the molecule is CCN(CC)S(=O)(=O)c1cc(NC(=O)c2cccc3ncccc23)ccc1C. The minimum absolute atomic E-state index is 0.202. The Kier molecular flexibility index (Phi) is 5.76. The summed E-state index contributed by atoms with van der Waals surface area (Å²) in [6, 6.07) is 13.9. The standard InChI is InChI=1S/C21H23N3O3S/c1-4-24(5-2)28(26,27)20-14-16(12-11-15(20)3)23-21(25)18-8-6-10-19-17(18)9-7-13-22-19/h6-14H,4-5H2,1-3H3,(H,23,25). The first-order valence-electron chi connectivity index (χ1n) is 9.14. The molecule has 6 nitrogen and oxygen atoms in total. The minimum atomic E-state index is -3.62. The highest BCUT2D eigenvalue weighted by Crippen LogP contribution is 2.25. The monoisotopic (exact) mass is 397 g/mol. The fourth-order valence-electron chi connectivity index (χ4n) is 3.16. The number of carbonyl (C=O) groups excluding carboxylic acids is 1. The van der Waals surface area contributed by atoms with Crippen molar-refractivity contribution in [2.45, 2.75) is 25.7 Å². The summed E-state index contributed by atoms with van der Waals surface area (Å²) in [5.74, 6) is -0.311. The summed E-state index contributed by atoms with van der Waals surface area (Å²) < 4.78 is 27.2. The molecule has 0 unspecified atom stereocenters. The first-order valence-corrected chi connectivity index (χ1v) is 10.6. The van der Waals surface area contributed by atoms with Gasteiger partial charge >= 0.3 is 0 Å². The number of nitrogens with zero attached hydrogens (tertiary/aromatic N) is 2. The molecule has 0 aliphatic heterocycles. The number of benzene rings is 2. The molecule has 0 saturated heterocycles. The van der Waals surface area contributed by atoms with E-state index in [1.54, 1.807) is 57.3 Å². The number of sulfonamides is 1. The van der Waals surface area contributed by atoms with Crippen molar-refractivity contribution in [2.75, 3.05) is 18.4 Å². The van der Waals surface area contributed by atoms with Gasteiger partial charge in [0.2, 0.25) is 10.0 Å². The van der Waals surface area contributed by atoms with E-state index >= 15 is 0 Å². The van der Waals surface area contributed by atoms with Crippen LogP contribution in [0.3, 0.4) is 0 Å². The van der Waals surface area contributed by atoms with Crippen molar-refractivity contribution in [1.29, 1.82) is 0 Å². The Labute approximate surface area is 165 Å². The van der Waals surface area contributed by atoms with Crippen molar-refractivity contribution in [1.82, 2.24) is 9.29 Å². The number of aryl methyl sites for hydroxylation is 1. The quantitative estimate of drug-likeness (QED) is 0.686. The number of aromatic nitrogens is 1. The van der Waals surface area contributed by atoms with Crippen LogP contribution < -0.4 is 5.32 Å². The van der Waals surface area contributed by atoms with Gasteiger partial charge in [-0.05, 0) is 42.8 Å². The van der Waals surface area contributed by atoms with Gasteiger partial charge < -0.3 is 5.32 Å². The highest BCUT2D eigenvalue weighted by atomic mass is 32.2. The Morgan fingerprint density at radius 3 is 2.54 bits per heavy atom. The maximum Gasteiger partial charge on any atom is 0.256 e. The molecule has 0 fully saturated rings. The third kappa shape index (κ3) is 3.76. The average Bonchev–Trinajstić information content (AvgIpc) is 2.69. The topological polar surface area (TPSA) is 79.4 Å². The van der Waals surface area contributed by atoms with Crippen molar-refractivity contribution in [2.24, 2.45) is 0 Å². The van der Waals surface area contributed by atoms with Gasteiger partial charge in [0, 0.05) is 35.9 Å². The summed E-state index contributed by atoms with van der Waals surface area (Å²) in [6.07, 6.45) is 1.67. The fourth-order valence-corrected chi connectivity index (χ4v) is 4.87. The van der Waals surface area contributed by atoms with Gasteiger partial charge in [-0.25, -0.2) is 8.42 Å². The van der Waals surface area contributed by atoms with E-state index in [1.807, 2.05) is 12.1 Å². The molecule has 0 aliphatic rings. The summed E-state index contributed by atoms with van der Waals surface area (Å²) in [5.41, 5.74) is 2.28. The second-order valence-corrected chi connectivity index (χ2v) is 8.31. The van der Waals surface area contributed by atoms with Crippen LogP contribution in [-0.4, -0.2) is 36.7 Å². The van der Waals surface area contributed by atoms with Gasteiger partial charge in [-0.3, -0.25) is 9.78 Å². The summed E-state index contributed by atoms with van der Waals surface area (Å²) in [5, 5.41) is 3.56. The lowest BCUT2D eigenvalue weighted by atomic mass is 10.1. The summed E-state index contributed by atoms with van der Waals surface area (Å²) in [7, 11) is -3.62. The summed E-state index contributed by atoms with van der Waals surface area (Å²) in [6.45, 7) is 6.13. The van der Waals surface area contributed by atoms with Crippen molar-refractivity contribution in [3.63, 3.8) is 0 Å². The molecule has 0 bridgehead atoms. The van der Waals surface area contributed by atoms with Crippen LogP contribution in [0, 0.1) is 6.92 Å². The molecule has 0 saturated carbocycles. The van der Waals surface area contributed by atoms with Gasteiger partial charge in [0.15, 0.2) is 0 Å². The molecule has 0 radical (unpaired) electrons. The molecule has 0 atom stereocenters. The van der Waals surface area contributed by atoms with Crippen LogP contribution in [0.15, 0.2) is 59.6 Å². The smallest absolute Gasteiger partial charge is 0.256 e. The van der Waals surface area contributed by atoms with Gasteiger partial charge in [-0.1, -0.05) is 32.0 Å². The van der Waals surface area contributed by atoms with Crippen molar-refractivity contribution < 1.29 is 13.2 Å². The van der Waals surface area contributed by atoms with Gasteiger partial charge in [-0.2, -0.15) is 4.31 Å². The second-order valence-electron chi connectivity index (χ2n) is 6.40. The molecule has 1 N–H and O–H groups in total. The Morgan fingerprint density at radius 2 is 1.82 bits per heavy atom. The van der Waals surface area contributed by atoms with E-state index in [0.717, 1.165) is 10.9 Å². The van der Waals surface area contributed by atoms with E-state index in [9.17, 15) is 13.2 Å².